The average Bonchev–Trinajstić information content (AvgIpc) is 3.16. The van der Waals surface area contributed by atoms with Crippen LogP contribution in [0, 0.1) is 0 Å². The van der Waals surface area contributed by atoms with Crippen LogP contribution >= 0.6 is 11.6 Å². The third-order valence-corrected chi connectivity index (χ3v) is 4.19. The molecule has 0 radical (unpaired) electrons. The van der Waals surface area contributed by atoms with Crippen molar-refractivity contribution in [3.8, 4) is 17.2 Å². The number of nitrogens with zero attached hydrogens (tertiary/aromatic N) is 2. The third kappa shape index (κ3) is 3.77. The van der Waals surface area contributed by atoms with Gasteiger partial charge in [0.25, 0.3) is 5.91 Å². The van der Waals surface area contributed by atoms with Gasteiger partial charge in [-0.3, -0.25) is 4.79 Å². The molecule has 1 aliphatic heterocycles. The molecule has 0 fully saturated rings. The highest BCUT2D eigenvalue weighted by atomic mass is 35.5. The SMILES string of the molecule is COc1ccc(Cl)cc1Nc1ncc(C(=O)Nc2ccc3c(c2)OCO3)cn1. The maximum absolute atomic E-state index is 12.4. The molecule has 2 heterocycles. The van der Waals surface area contributed by atoms with E-state index in [0.29, 0.717) is 45.2 Å². The zero-order chi connectivity index (χ0) is 19.5. The number of hydrogen-bond acceptors (Lipinski definition) is 7. The van der Waals surface area contributed by atoms with Crippen LogP contribution in [0.5, 0.6) is 17.2 Å². The summed E-state index contributed by atoms with van der Waals surface area (Å²) in [6.07, 6.45) is 2.85. The van der Waals surface area contributed by atoms with E-state index in [1.807, 2.05) is 0 Å². The lowest BCUT2D eigenvalue weighted by molar-refractivity contribution is 0.102. The van der Waals surface area contributed by atoms with E-state index < -0.39 is 0 Å². The summed E-state index contributed by atoms with van der Waals surface area (Å²) < 4.78 is 15.8. The fourth-order valence-corrected chi connectivity index (χ4v) is 2.76. The summed E-state index contributed by atoms with van der Waals surface area (Å²) in [5.74, 6) is 1.79. The number of amides is 1. The van der Waals surface area contributed by atoms with Gasteiger partial charge in [0.05, 0.1) is 18.4 Å². The maximum atomic E-state index is 12.4. The van der Waals surface area contributed by atoms with Gasteiger partial charge in [-0.25, -0.2) is 9.97 Å². The number of anilines is 3. The van der Waals surface area contributed by atoms with Gasteiger partial charge in [0.1, 0.15) is 5.75 Å². The highest BCUT2D eigenvalue weighted by Gasteiger charge is 2.15. The fourth-order valence-electron chi connectivity index (χ4n) is 2.59. The molecule has 9 heteroatoms. The Bertz CT molecular complexity index is 1030. The minimum absolute atomic E-state index is 0.173. The van der Waals surface area contributed by atoms with Crippen molar-refractivity contribution < 1.29 is 19.0 Å². The number of carbonyl (C=O) groups is 1. The Morgan fingerprint density at radius 3 is 2.68 bits per heavy atom. The van der Waals surface area contributed by atoms with Crippen molar-refractivity contribution in [1.29, 1.82) is 0 Å². The van der Waals surface area contributed by atoms with Crippen molar-refractivity contribution in [2.75, 3.05) is 24.5 Å². The van der Waals surface area contributed by atoms with Crippen LogP contribution in [-0.2, 0) is 0 Å². The lowest BCUT2D eigenvalue weighted by atomic mass is 10.2. The van der Waals surface area contributed by atoms with Crippen molar-refractivity contribution in [3.63, 3.8) is 0 Å². The molecule has 28 heavy (non-hydrogen) atoms. The zero-order valence-electron chi connectivity index (χ0n) is 14.7. The van der Waals surface area contributed by atoms with Crippen molar-refractivity contribution in [2.45, 2.75) is 0 Å². The Kier molecular flexibility index (Phi) is 4.86. The first kappa shape index (κ1) is 17.9. The Morgan fingerprint density at radius 2 is 1.89 bits per heavy atom. The van der Waals surface area contributed by atoms with Gasteiger partial charge in [-0.1, -0.05) is 11.6 Å². The largest absolute Gasteiger partial charge is 0.495 e. The van der Waals surface area contributed by atoms with Crippen molar-refractivity contribution in [3.05, 3.63) is 59.4 Å². The van der Waals surface area contributed by atoms with Gasteiger partial charge in [0.15, 0.2) is 11.5 Å². The van der Waals surface area contributed by atoms with Crippen molar-refractivity contribution in [2.24, 2.45) is 0 Å². The first-order chi connectivity index (χ1) is 13.6. The number of halogens is 1. The summed E-state index contributed by atoms with van der Waals surface area (Å²) in [4.78, 5) is 20.8. The minimum atomic E-state index is -0.342. The molecule has 0 spiro atoms. The number of benzene rings is 2. The molecular formula is C19H15ClN4O4. The number of carbonyl (C=O) groups excluding carboxylic acids is 1. The quantitative estimate of drug-likeness (QED) is 0.673. The topological polar surface area (TPSA) is 94.6 Å². The zero-order valence-corrected chi connectivity index (χ0v) is 15.5. The summed E-state index contributed by atoms with van der Waals surface area (Å²) in [6, 6.07) is 10.3. The van der Waals surface area contributed by atoms with Gasteiger partial charge in [-0.15, -0.1) is 0 Å². The maximum Gasteiger partial charge on any atom is 0.258 e. The lowest BCUT2D eigenvalue weighted by Crippen LogP contribution is -2.13. The Morgan fingerprint density at radius 1 is 1.11 bits per heavy atom. The van der Waals surface area contributed by atoms with Crippen LogP contribution < -0.4 is 24.8 Å². The van der Waals surface area contributed by atoms with Crippen LogP contribution in [0.2, 0.25) is 5.02 Å². The molecule has 0 unspecified atom stereocenters. The van der Waals surface area contributed by atoms with E-state index in [9.17, 15) is 4.79 Å². The highest BCUT2D eigenvalue weighted by Crippen LogP contribution is 2.34. The van der Waals surface area contributed by atoms with Gasteiger partial charge in [-0.05, 0) is 30.3 Å². The predicted molar refractivity (Wildman–Crippen MR) is 104 cm³/mol. The standard InChI is InChI=1S/C19H15ClN4O4/c1-26-15-4-2-12(20)6-14(15)24-19-21-8-11(9-22-19)18(25)23-13-3-5-16-17(7-13)28-10-27-16/h2-9H,10H2,1H3,(H,23,25)(H,21,22,24). The Balaban J connectivity index is 1.46. The Hall–Kier alpha value is -3.52. The molecule has 0 saturated heterocycles. The van der Waals surface area contributed by atoms with Crippen molar-refractivity contribution in [1.82, 2.24) is 9.97 Å². The normalized spacial score (nSPS) is 11.8. The van der Waals surface area contributed by atoms with Crippen LogP contribution in [0.3, 0.4) is 0 Å². The molecule has 0 saturated carbocycles. The second-order valence-corrected chi connectivity index (χ2v) is 6.22. The van der Waals surface area contributed by atoms with Gasteiger partial charge in [0.2, 0.25) is 12.7 Å². The Labute approximate surface area is 165 Å². The van der Waals surface area contributed by atoms with E-state index in [1.165, 1.54) is 12.4 Å². The van der Waals surface area contributed by atoms with Gasteiger partial charge in [-0.2, -0.15) is 0 Å². The minimum Gasteiger partial charge on any atom is -0.495 e. The number of methoxy groups -OCH3 is 1. The monoisotopic (exact) mass is 398 g/mol. The van der Waals surface area contributed by atoms with Crippen LogP contribution in [-0.4, -0.2) is 29.8 Å². The van der Waals surface area contributed by atoms with Crippen LogP contribution in [0.1, 0.15) is 10.4 Å². The van der Waals surface area contributed by atoms with Gasteiger partial charge in [0, 0.05) is 29.2 Å². The summed E-state index contributed by atoms with van der Waals surface area (Å²) in [5.41, 5.74) is 1.51. The third-order valence-electron chi connectivity index (χ3n) is 3.95. The first-order valence-corrected chi connectivity index (χ1v) is 8.64. The summed E-state index contributed by atoms with van der Waals surface area (Å²) in [5, 5.41) is 6.33. The summed E-state index contributed by atoms with van der Waals surface area (Å²) in [6.45, 7) is 0.173. The molecule has 1 aromatic heterocycles. The lowest BCUT2D eigenvalue weighted by Gasteiger charge is -2.10. The molecule has 1 aliphatic rings. The molecule has 0 bridgehead atoms. The molecule has 8 nitrogen and oxygen atoms in total. The van der Waals surface area contributed by atoms with Crippen LogP contribution in [0.4, 0.5) is 17.3 Å². The fraction of sp³-hybridized carbons (Fsp3) is 0.105. The summed E-state index contributed by atoms with van der Waals surface area (Å²) in [7, 11) is 1.55. The smallest absolute Gasteiger partial charge is 0.258 e. The van der Waals surface area contributed by atoms with E-state index in [1.54, 1.807) is 43.5 Å². The van der Waals surface area contributed by atoms with Crippen LogP contribution in [0.15, 0.2) is 48.8 Å². The van der Waals surface area contributed by atoms with E-state index in [-0.39, 0.29) is 12.7 Å². The van der Waals surface area contributed by atoms with E-state index >= 15 is 0 Å². The van der Waals surface area contributed by atoms with E-state index in [4.69, 9.17) is 25.8 Å². The first-order valence-electron chi connectivity index (χ1n) is 8.26. The summed E-state index contributed by atoms with van der Waals surface area (Å²) >= 11 is 6.01. The number of ether oxygens (including phenoxy) is 3. The van der Waals surface area contributed by atoms with Crippen molar-refractivity contribution >= 4 is 34.8 Å². The van der Waals surface area contributed by atoms with Gasteiger partial charge < -0.3 is 24.8 Å². The molecule has 0 atom stereocenters. The number of aromatic nitrogens is 2. The highest BCUT2D eigenvalue weighted by molar-refractivity contribution is 6.31. The second kappa shape index (κ2) is 7.61. The van der Waals surface area contributed by atoms with E-state index in [2.05, 4.69) is 20.6 Å². The molecule has 0 aliphatic carbocycles. The number of nitrogens with one attached hydrogen (secondary N) is 2. The molecule has 1 amide bonds. The molecular weight excluding hydrogens is 384 g/mol. The molecule has 2 aromatic carbocycles. The number of hydrogen-bond donors (Lipinski definition) is 2. The van der Waals surface area contributed by atoms with Gasteiger partial charge >= 0.3 is 0 Å². The molecule has 4 rings (SSSR count). The average molecular weight is 399 g/mol. The molecule has 3 aromatic rings. The molecule has 142 valence electrons. The predicted octanol–water partition coefficient (Wildman–Crippen LogP) is 3.86. The number of rotatable bonds is 5. The van der Waals surface area contributed by atoms with Crippen LogP contribution in [0.25, 0.3) is 0 Å². The van der Waals surface area contributed by atoms with E-state index in [0.717, 1.165) is 0 Å². The number of fused-ring (bicyclic) bond motifs is 1. The molecule has 2 N–H and O–H groups in total. The second-order valence-electron chi connectivity index (χ2n) is 5.79.